The van der Waals surface area contributed by atoms with Crippen molar-refractivity contribution >= 4 is 5.91 Å². The average molecular weight is 344 g/mol. The minimum absolute atomic E-state index is 0.147. The van der Waals surface area contributed by atoms with Crippen LogP contribution >= 0.6 is 0 Å². The third-order valence-corrected chi connectivity index (χ3v) is 5.73. The normalized spacial score (nSPS) is 23.6. The van der Waals surface area contributed by atoms with E-state index in [2.05, 4.69) is 40.9 Å². The first kappa shape index (κ1) is 18.4. The number of piperidine rings is 2. The Morgan fingerprint density at radius 1 is 1.12 bits per heavy atom. The smallest absolute Gasteiger partial charge is 0.244 e. The summed E-state index contributed by atoms with van der Waals surface area (Å²) in [6.07, 6.45) is 6.08. The zero-order valence-electron chi connectivity index (χ0n) is 15.9. The number of likely N-dealkylation sites (N-methyl/N-ethyl adjacent to an activating group) is 1. The Hall–Kier alpha value is -1.39. The number of rotatable bonds is 5. The van der Waals surface area contributed by atoms with Gasteiger partial charge in [-0.25, -0.2) is 0 Å². The molecule has 1 aromatic rings. The zero-order valence-corrected chi connectivity index (χ0v) is 15.9. The third kappa shape index (κ3) is 4.83. The van der Waals surface area contributed by atoms with Gasteiger partial charge in [-0.3, -0.25) is 9.69 Å². The first-order valence-corrected chi connectivity index (χ1v) is 9.87. The predicted molar refractivity (Wildman–Crippen MR) is 102 cm³/mol. The number of amides is 1. The van der Waals surface area contributed by atoms with Crippen molar-refractivity contribution in [3.8, 4) is 0 Å². The fraction of sp³-hybridized carbons (Fsp3) is 0.667. The highest BCUT2D eigenvalue weighted by molar-refractivity contribution is 5.83. The molecular formula is C21H33N3O. The van der Waals surface area contributed by atoms with Gasteiger partial charge in [0, 0.05) is 26.2 Å². The summed E-state index contributed by atoms with van der Waals surface area (Å²) in [7, 11) is 4.34. The molecule has 0 aromatic heterocycles. The fourth-order valence-corrected chi connectivity index (χ4v) is 4.44. The van der Waals surface area contributed by atoms with Crippen molar-refractivity contribution in [1.82, 2.24) is 14.7 Å². The second-order valence-corrected chi connectivity index (χ2v) is 7.91. The van der Waals surface area contributed by atoms with Gasteiger partial charge < -0.3 is 9.80 Å². The van der Waals surface area contributed by atoms with Crippen LogP contribution in [0.3, 0.4) is 0 Å². The van der Waals surface area contributed by atoms with Gasteiger partial charge in [0.05, 0.1) is 0 Å². The summed E-state index contributed by atoms with van der Waals surface area (Å²) in [5.74, 6) is 0.946. The van der Waals surface area contributed by atoms with Gasteiger partial charge in [-0.05, 0) is 64.2 Å². The predicted octanol–water partition coefficient (Wildman–Crippen LogP) is 3.01. The summed E-state index contributed by atoms with van der Waals surface area (Å²) in [6, 6.07) is 10.2. The van der Waals surface area contributed by atoms with Crippen molar-refractivity contribution in [2.24, 2.45) is 5.92 Å². The molecule has 2 heterocycles. The number of hydrogen-bond acceptors (Lipinski definition) is 3. The van der Waals surface area contributed by atoms with Crippen molar-refractivity contribution in [3.05, 3.63) is 35.9 Å². The molecule has 0 N–H and O–H groups in total. The minimum atomic E-state index is -0.147. The second-order valence-electron chi connectivity index (χ2n) is 7.91. The van der Waals surface area contributed by atoms with Crippen molar-refractivity contribution in [2.45, 2.75) is 38.1 Å². The Morgan fingerprint density at radius 3 is 2.52 bits per heavy atom. The molecule has 3 rings (SSSR count). The van der Waals surface area contributed by atoms with Gasteiger partial charge in [0.1, 0.15) is 6.04 Å². The number of likely N-dealkylation sites (tertiary alicyclic amines) is 2. The van der Waals surface area contributed by atoms with Crippen LogP contribution in [-0.2, 0) is 4.79 Å². The molecule has 2 fully saturated rings. The molecule has 2 aliphatic heterocycles. The van der Waals surface area contributed by atoms with Crippen LogP contribution < -0.4 is 0 Å². The van der Waals surface area contributed by atoms with E-state index in [1.165, 1.54) is 25.8 Å². The molecule has 1 aromatic carbocycles. The van der Waals surface area contributed by atoms with E-state index in [-0.39, 0.29) is 11.9 Å². The lowest BCUT2D eigenvalue weighted by atomic mass is 9.96. The SMILES string of the molecule is CN1CCCC(CN(C)C(C(=O)N2CCCCC2)c2ccccc2)C1. The maximum absolute atomic E-state index is 13.3. The van der Waals surface area contributed by atoms with Crippen molar-refractivity contribution in [3.63, 3.8) is 0 Å². The molecule has 0 aliphatic carbocycles. The van der Waals surface area contributed by atoms with Gasteiger partial charge in [0.25, 0.3) is 0 Å². The zero-order chi connectivity index (χ0) is 17.6. The number of carbonyl (C=O) groups excluding carboxylic acids is 1. The second kappa shape index (κ2) is 8.81. The molecule has 0 saturated carbocycles. The van der Waals surface area contributed by atoms with Crippen LogP contribution in [0.5, 0.6) is 0 Å². The lowest BCUT2D eigenvalue weighted by Gasteiger charge is -2.38. The molecule has 2 aliphatic rings. The van der Waals surface area contributed by atoms with Gasteiger partial charge in [0.2, 0.25) is 5.91 Å². The number of carbonyl (C=O) groups is 1. The van der Waals surface area contributed by atoms with E-state index in [1.807, 2.05) is 18.2 Å². The van der Waals surface area contributed by atoms with Crippen LogP contribution in [0.25, 0.3) is 0 Å². The van der Waals surface area contributed by atoms with Gasteiger partial charge >= 0.3 is 0 Å². The van der Waals surface area contributed by atoms with Gasteiger partial charge in [0.15, 0.2) is 0 Å². The van der Waals surface area contributed by atoms with E-state index < -0.39 is 0 Å². The monoisotopic (exact) mass is 343 g/mol. The van der Waals surface area contributed by atoms with Crippen molar-refractivity contribution < 1.29 is 4.79 Å². The number of hydrogen-bond donors (Lipinski definition) is 0. The number of benzene rings is 1. The Labute approximate surface area is 152 Å². The molecule has 138 valence electrons. The van der Waals surface area contributed by atoms with E-state index in [0.717, 1.165) is 44.6 Å². The Kier molecular flexibility index (Phi) is 6.49. The molecule has 4 nitrogen and oxygen atoms in total. The molecular weight excluding hydrogens is 310 g/mol. The van der Waals surface area contributed by atoms with Gasteiger partial charge in [-0.1, -0.05) is 30.3 Å². The summed E-state index contributed by atoms with van der Waals surface area (Å²) < 4.78 is 0. The highest BCUT2D eigenvalue weighted by atomic mass is 16.2. The van der Waals surface area contributed by atoms with E-state index in [4.69, 9.17) is 0 Å². The van der Waals surface area contributed by atoms with E-state index >= 15 is 0 Å². The maximum atomic E-state index is 13.3. The summed E-state index contributed by atoms with van der Waals surface area (Å²) in [4.78, 5) is 20.1. The number of nitrogens with zero attached hydrogens (tertiary/aromatic N) is 3. The van der Waals surface area contributed by atoms with E-state index in [1.54, 1.807) is 0 Å². The molecule has 2 atom stereocenters. The molecule has 25 heavy (non-hydrogen) atoms. The van der Waals surface area contributed by atoms with Crippen LogP contribution in [0.2, 0.25) is 0 Å². The van der Waals surface area contributed by atoms with Crippen molar-refractivity contribution in [1.29, 1.82) is 0 Å². The van der Waals surface area contributed by atoms with E-state index in [0.29, 0.717) is 5.92 Å². The molecule has 4 heteroatoms. The Bertz CT molecular complexity index is 541. The molecule has 0 bridgehead atoms. The first-order valence-electron chi connectivity index (χ1n) is 9.87. The maximum Gasteiger partial charge on any atom is 0.244 e. The highest BCUT2D eigenvalue weighted by Crippen LogP contribution is 2.26. The van der Waals surface area contributed by atoms with Crippen LogP contribution in [0, 0.1) is 5.92 Å². The van der Waals surface area contributed by atoms with Crippen LogP contribution in [-0.4, -0.2) is 67.4 Å². The first-order chi connectivity index (χ1) is 12.1. The lowest BCUT2D eigenvalue weighted by Crippen LogP contribution is -2.46. The van der Waals surface area contributed by atoms with Crippen LogP contribution in [0.15, 0.2) is 30.3 Å². The topological polar surface area (TPSA) is 26.8 Å². The average Bonchev–Trinajstić information content (AvgIpc) is 2.63. The summed E-state index contributed by atoms with van der Waals surface area (Å²) in [5.41, 5.74) is 1.13. The highest BCUT2D eigenvalue weighted by Gasteiger charge is 2.31. The van der Waals surface area contributed by atoms with Crippen molar-refractivity contribution in [2.75, 3.05) is 46.8 Å². The van der Waals surface area contributed by atoms with Crippen LogP contribution in [0.1, 0.15) is 43.7 Å². The fourth-order valence-electron chi connectivity index (χ4n) is 4.44. The summed E-state index contributed by atoms with van der Waals surface area (Å²) >= 11 is 0. The summed E-state index contributed by atoms with van der Waals surface area (Å²) in [6.45, 7) is 5.17. The standard InChI is InChI=1S/C21H33N3O/c1-22-13-9-10-18(16-22)17-23(2)20(19-11-5-3-6-12-19)21(25)24-14-7-4-8-15-24/h3,5-6,11-12,18,20H,4,7-10,13-17H2,1-2H3. The molecule has 2 unspecified atom stereocenters. The molecule has 0 spiro atoms. The van der Waals surface area contributed by atoms with E-state index in [9.17, 15) is 4.79 Å². The van der Waals surface area contributed by atoms with Crippen LogP contribution in [0.4, 0.5) is 0 Å². The molecule has 2 saturated heterocycles. The molecule has 0 radical (unpaired) electrons. The lowest BCUT2D eigenvalue weighted by molar-refractivity contribution is -0.138. The Balaban J connectivity index is 1.74. The Morgan fingerprint density at radius 2 is 1.84 bits per heavy atom. The quantitative estimate of drug-likeness (QED) is 0.822. The minimum Gasteiger partial charge on any atom is -0.341 e. The molecule has 1 amide bonds. The summed E-state index contributed by atoms with van der Waals surface area (Å²) in [5, 5.41) is 0. The third-order valence-electron chi connectivity index (χ3n) is 5.73. The van der Waals surface area contributed by atoms with Gasteiger partial charge in [-0.15, -0.1) is 0 Å². The van der Waals surface area contributed by atoms with Gasteiger partial charge in [-0.2, -0.15) is 0 Å². The largest absolute Gasteiger partial charge is 0.341 e.